The molecule has 0 aliphatic heterocycles. The van der Waals surface area contributed by atoms with Crippen LogP contribution in [0.25, 0.3) is 0 Å². The van der Waals surface area contributed by atoms with Gasteiger partial charge in [-0.3, -0.25) is 4.68 Å². The summed E-state index contributed by atoms with van der Waals surface area (Å²) < 4.78 is 15.6. The molecule has 0 spiro atoms. The number of halogens is 2. The molecule has 0 saturated heterocycles. The summed E-state index contributed by atoms with van der Waals surface area (Å²) in [5.74, 6) is -0.288. The highest BCUT2D eigenvalue weighted by molar-refractivity contribution is 6.30. The zero-order valence-corrected chi connectivity index (χ0v) is 11.2. The van der Waals surface area contributed by atoms with Crippen LogP contribution in [-0.2, 0) is 13.1 Å². The van der Waals surface area contributed by atoms with Crippen LogP contribution in [0.15, 0.2) is 30.5 Å². The number of rotatable bonds is 5. The van der Waals surface area contributed by atoms with Gasteiger partial charge in [0.05, 0.1) is 12.2 Å². The van der Waals surface area contributed by atoms with E-state index in [1.54, 1.807) is 18.3 Å². The van der Waals surface area contributed by atoms with Crippen LogP contribution >= 0.6 is 11.6 Å². The standard InChI is InChI=1S/C14H15ClFN3/c15-11-2-1-10(14(16)7-11)9-19-13(5-6-18-19)8-17-12-3-4-12/h1-2,5-7,12,17H,3-4,8-9H2. The fourth-order valence-corrected chi connectivity index (χ4v) is 2.16. The van der Waals surface area contributed by atoms with Gasteiger partial charge in [0.15, 0.2) is 0 Å². The predicted octanol–water partition coefficient (Wildman–Crippen LogP) is 2.98. The van der Waals surface area contributed by atoms with Gasteiger partial charge in [-0.1, -0.05) is 17.7 Å². The van der Waals surface area contributed by atoms with E-state index < -0.39 is 0 Å². The lowest BCUT2D eigenvalue weighted by Crippen LogP contribution is -2.19. The van der Waals surface area contributed by atoms with E-state index in [2.05, 4.69) is 10.4 Å². The van der Waals surface area contributed by atoms with Crippen LogP contribution in [0.5, 0.6) is 0 Å². The van der Waals surface area contributed by atoms with E-state index in [4.69, 9.17) is 11.6 Å². The molecule has 3 rings (SSSR count). The lowest BCUT2D eigenvalue weighted by molar-refractivity contribution is 0.560. The molecule has 1 N–H and O–H groups in total. The minimum Gasteiger partial charge on any atom is -0.308 e. The van der Waals surface area contributed by atoms with Gasteiger partial charge >= 0.3 is 0 Å². The van der Waals surface area contributed by atoms with Crippen LogP contribution in [0.4, 0.5) is 4.39 Å². The summed E-state index contributed by atoms with van der Waals surface area (Å²) in [4.78, 5) is 0. The lowest BCUT2D eigenvalue weighted by Gasteiger charge is -2.09. The van der Waals surface area contributed by atoms with E-state index in [9.17, 15) is 4.39 Å². The number of hydrogen-bond acceptors (Lipinski definition) is 2. The molecule has 3 nitrogen and oxygen atoms in total. The number of hydrogen-bond donors (Lipinski definition) is 1. The molecule has 1 aliphatic rings. The van der Waals surface area contributed by atoms with Crippen molar-refractivity contribution >= 4 is 11.6 Å². The molecule has 0 radical (unpaired) electrons. The van der Waals surface area contributed by atoms with E-state index in [1.165, 1.54) is 18.9 Å². The molecule has 0 bridgehead atoms. The summed E-state index contributed by atoms with van der Waals surface area (Å²) in [5.41, 5.74) is 1.67. The largest absolute Gasteiger partial charge is 0.308 e. The minimum atomic E-state index is -0.288. The van der Waals surface area contributed by atoms with Crippen LogP contribution in [0.1, 0.15) is 24.1 Å². The Kier molecular flexibility index (Phi) is 3.53. The molecule has 1 aliphatic carbocycles. The monoisotopic (exact) mass is 279 g/mol. The van der Waals surface area contributed by atoms with Crippen LogP contribution < -0.4 is 5.32 Å². The van der Waals surface area contributed by atoms with E-state index in [0.717, 1.165) is 12.2 Å². The van der Waals surface area contributed by atoms with Crippen molar-refractivity contribution in [1.82, 2.24) is 15.1 Å². The molecular formula is C14H15ClFN3. The van der Waals surface area contributed by atoms with E-state index in [1.807, 2.05) is 10.7 Å². The molecule has 1 aromatic heterocycles. The van der Waals surface area contributed by atoms with Gasteiger partial charge in [0.2, 0.25) is 0 Å². The molecule has 0 atom stereocenters. The Labute approximate surface area is 116 Å². The highest BCUT2D eigenvalue weighted by atomic mass is 35.5. The maximum Gasteiger partial charge on any atom is 0.129 e. The summed E-state index contributed by atoms with van der Waals surface area (Å²) >= 11 is 5.75. The fraction of sp³-hybridized carbons (Fsp3) is 0.357. The molecule has 5 heteroatoms. The lowest BCUT2D eigenvalue weighted by atomic mass is 10.2. The van der Waals surface area contributed by atoms with Gasteiger partial charge in [0.1, 0.15) is 5.82 Å². The Hall–Kier alpha value is -1.39. The second kappa shape index (κ2) is 5.31. The predicted molar refractivity (Wildman–Crippen MR) is 72.6 cm³/mol. The van der Waals surface area contributed by atoms with Gasteiger partial charge in [-0.25, -0.2) is 4.39 Å². The van der Waals surface area contributed by atoms with E-state index in [-0.39, 0.29) is 5.82 Å². The number of aromatic nitrogens is 2. The van der Waals surface area contributed by atoms with Crippen molar-refractivity contribution in [2.24, 2.45) is 0 Å². The van der Waals surface area contributed by atoms with Gasteiger partial charge in [0, 0.05) is 29.4 Å². The third-order valence-electron chi connectivity index (χ3n) is 3.29. The first-order valence-electron chi connectivity index (χ1n) is 6.40. The molecule has 1 saturated carbocycles. The number of nitrogens with one attached hydrogen (secondary N) is 1. The second-order valence-electron chi connectivity index (χ2n) is 4.87. The average Bonchev–Trinajstić information content (AvgIpc) is 3.11. The fourth-order valence-electron chi connectivity index (χ4n) is 2.00. The van der Waals surface area contributed by atoms with Gasteiger partial charge in [-0.15, -0.1) is 0 Å². The number of benzene rings is 1. The van der Waals surface area contributed by atoms with Crippen molar-refractivity contribution in [2.45, 2.75) is 32.0 Å². The van der Waals surface area contributed by atoms with Crippen molar-refractivity contribution in [3.63, 3.8) is 0 Å². The molecule has 2 aromatic rings. The maximum atomic E-state index is 13.8. The minimum absolute atomic E-state index is 0.288. The van der Waals surface area contributed by atoms with Gasteiger partial charge in [-0.05, 0) is 31.0 Å². The zero-order valence-electron chi connectivity index (χ0n) is 10.4. The summed E-state index contributed by atoms with van der Waals surface area (Å²) in [6.07, 6.45) is 4.25. The normalized spacial score (nSPS) is 14.8. The summed E-state index contributed by atoms with van der Waals surface area (Å²) in [6.45, 7) is 1.21. The SMILES string of the molecule is Fc1cc(Cl)ccc1Cn1nccc1CNC1CC1. The molecule has 100 valence electrons. The molecule has 1 aromatic carbocycles. The number of nitrogens with zero attached hydrogens (tertiary/aromatic N) is 2. The third kappa shape index (κ3) is 3.14. The van der Waals surface area contributed by atoms with E-state index in [0.29, 0.717) is 23.2 Å². The maximum absolute atomic E-state index is 13.8. The highest BCUT2D eigenvalue weighted by Gasteiger charge is 2.20. The molecule has 0 unspecified atom stereocenters. The second-order valence-corrected chi connectivity index (χ2v) is 5.31. The molecule has 19 heavy (non-hydrogen) atoms. The van der Waals surface area contributed by atoms with Crippen molar-refractivity contribution in [3.05, 3.63) is 52.6 Å². The summed E-state index contributed by atoms with van der Waals surface area (Å²) in [5, 5.41) is 8.10. The smallest absolute Gasteiger partial charge is 0.129 e. The van der Waals surface area contributed by atoms with Crippen LogP contribution in [0.3, 0.4) is 0 Å². The summed E-state index contributed by atoms with van der Waals surface area (Å²) in [7, 11) is 0. The molecule has 0 amide bonds. The van der Waals surface area contributed by atoms with Gasteiger partial charge in [-0.2, -0.15) is 5.10 Å². The Morgan fingerprint density at radius 3 is 2.95 bits per heavy atom. The van der Waals surface area contributed by atoms with E-state index >= 15 is 0 Å². The van der Waals surface area contributed by atoms with Crippen LogP contribution in [-0.4, -0.2) is 15.8 Å². The Morgan fingerprint density at radius 2 is 2.21 bits per heavy atom. The summed E-state index contributed by atoms with van der Waals surface area (Å²) in [6, 6.07) is 7.35. The highest BCUT2D eigenvalue weighted by Crippen LogP contribution is 2.20. The molecule has 1 heterocycles. The first kappa shape index (κ1) is 12.6. The first-order chi connectivity index (χ1) is 9.22. The van der Waals surface area contributed by atoms with Gasteiger partial charge in [0.25, 0.3) is 0 Å². The third-order valence-corrected chi connectivity index (χ3v) is 3.52. The van der Waals surface area contributed by atoms with Crippen LogP contribution in [0, 0.1) is 5.82 Å². The van der Waals surface area contributed by atoms with Gasteiger partial charge < -0.3 is 5.32 Å². The Balaban J connectivity index is 1.73. The first-order valence-corrected chi connectivity index (χ1v) is 6.78. The molecule has 1 fully saturated rings. The van der Waals surface area contributed by atoms with Crippen molar-refractivity contribution in [2.75, 3.05) is 0 Å². The van der Waals surface area contributed by atoms with Crippen molar-refractivity contribution < 1.29 is 4.39 Å². The zero-order chi connectivity index (χ0) is 13.2. The van der Waals surface area contributed by atoms with Crippen LogP contribution in [0.2, 0.25) is 5.02 Å². The Morgan fingerprint density at radius 1 is 1.37 bits per heavy atom. The Bertz CT molecular complexity index is 578. The molecular weight excluding hydrogens is 265 g/mol. The average molecular weight is 280 g/mol. The quantitative estimate of drug-likeness (QED) is 0.912. The topological polar surface area (TPSA) is 29.9 Å². The van der Waals surface area contributed by atoms with Crippen molar-refractivity contribution in [3.8, 4) is 0 Å². The van der Waals surface area contributed by atoms with Crippen molar-refractivity contribution in [1.29, 1.82) is 0 Å².